The first-order valence-corrected chi connectivity index (χ1v) is 10.3. The maximum absolute atomic E-state index is 12.5. The van der Waals surface area contributed by atoms with Crippen LogP contribution in [-0.2, 0) is 27.3 Å². The molecule has 0 radical (unpaired) electrons. The van der Waals surface area contributed by atoms with Crippen LogP contribution in [0.1, 0.15) is 25.0 Å². The van der Waals surface area contributed by atoms with Gasteiger partial charge in [-0.2, -0.15) is 0 Å². The van der Waals surface area contributed by atoms with Gasteiger partial charge in [0, 0.05) is 26.1 Å². The van der Waals surface area contributed by atoms with Crippen molar-refractivity contribution < 1.29 is 42.1 Å². The molecule has 0 aliphatic heterocycles. The summed E-state index contributed by atoms with van der Waals surface area (Å²) in [4.78, 5) is 25.2. The molecule has 0 aromatic heterocycles. The van der Waals surface area contributed by atoms with E-state index in [-0.39, 0.29) is 31.2 Å². The number of ether oxygens (including phenoxy) is 3. The lowest BCUT2D eigenvalue weighted by atomic mass is 10.1. The molecular formula is C23H26F3NO6. The number of carbonyl (C=O) groups excluding carboxylic acids is 1. The molecule has 2 aromatic rings. The van der Waals surface area contributed by atoms with Crippen LogP contribution in [0.25, 0.3) is 0 Å². The van der Waals surface area contributed by atoms with Gasteiger partial charge in [0.25, 0.3) is 5.91 Å². The van der Waals surface area contributed by atoms with Crippen LogP contribution in [0.15, 0.2) is 48.5 Å². The van der Waals surface area contributed by atoms with E-state index >= 15 is 0 Å². The van der Waals surface area contributed by atoms with E-state index in [4.69, 9.17) is 14.6 Å². The van der Waals surface area contributed by atoms with Crippen LogP contribution in [0.5, 0.6) is 11.5 Å². The Morgan fingerprint density at radius 1 is 0.970 bits per heavy atom. The minimum absolute atomic E-state index is 0.206. The Hall–Kier alpha value is -3.27. The smallest absolute Gasteiger partial charge is 0.484 e. The van der Waals surface area contributed by atoms with Gasteiger partial charge in [-0.1, -0.05) is 24.3 Å². The number of alkyl halides is 3. The standard InChI is InChI=1S/C23H26F3NO6/c1-3-27(14-17-7-11-19(12-8-17)33-23(24,25)26)21(28)15-32-18-9-5-16(6-10-18)13-20(22(29)30)31-4-2/h5-12,20H,3-4,13-15H2,1-2H3,(H,29,30). The van der Waals surface area contributed by atoms with E-state index < -0.39 is 18.4 Å². The Morgan fingerprint density at radius 2 is 1.55 bits per heavy atom. The van der Waals surface area contributed by atoms with E-state index in [1.807, 2.05) is 0 Å². The summed E-state index contributed by atoms with van der Waals surface area (Å²) in [5.41, 5.74) is 1.40. The Kier molecular flexibility index (Phi) is 9.53. The van der Waals surface area contributed by atoms with Gasteiger partial charge in [0.2, 0.25) is 0 Å². The van der Waals surface area contributed by atoms with Gasteiger partial charge in [-0.3, -0.25) is 4.79 Å². The lowest BCUT2D eigenvalue weighted by Gasteiger charge is -2.21. The van der Waals surface area contributed by atoms with Crippen LogP contribution < -0.4 is 9.47 Å². The van der Waals surface area contributed by atoms with Crippen molar-refractivity contribution in [1.29, 1.82) is 0 Å². The fourth-order valence-electron chi connectivity index (χ4n) is 2.98. The highest BCUT2D eigenvalue weighted by Crippen LogP contribution is 2.23. The Bertz CT molecular complexity index is 900. The molecule has 33 heavy (non-hydrogen) atoms. The summed E-state index contributed by atoms with van der Waals surface area (Å²) in [6, 6.07) is 12.0. The van der Waals surface area contributed by atoms with Crippen molar-refractivity contribution in [3.63, 3.8) is 0 Å². The first-order valence-electron chi connectivity index (χ1n) is 10.3. The van der Waals surface area contributed by atoms with Crippen LogP contribution >= 0.6 is 0 Å². The Balaban J connectivity index is 1.88. The van der Waals surface area contributed by atoms with Crippen LogP contribution in [0.2, 0.25) is 0 Å². The number of halogens is 3. The van der Waals surface area contributed by atoms with Crippen molar-refractivity contribution in [3.8, 4) is 11.5 Å². The molecule has 180 valence electrons. The molecule has 2 aromatic carbocycles. The number of aliphatic carboxylic acids is 1. The van der Waals surface area contributed by atoms with Crippen LogP contribution in [0.4, 0.5) is 13.2 Å². The summed E-state index contributed by atoms with van der Waals surface area (Å²) in [5.74, 6) is -1.21. The molecular weight excluding hydrogens is 443 g/mol. The molecule has 1 N–H and O–H groups in total. The average Bonchev–Trinajstić information content (AvgIpc) is 2.76. The number of hydrogen-bond donors (Lipinski definition) is 1. The van der Waals surface area contributed by atoms with Gasteiger partial charge in [-0.15, -0.1) is 13.2 Å². The van der Waals surface area contributed by atoms with Gasteiger partial charge in [-0.25, -0.2) is 4.79 Å². The summed E-state index contributed by atoms with van der Waals surface area (Å²) in [5, 5.41) is 9.16. The predicted molar refractivity (Wildman–Crippen MR) is 113 cm³/mol. The molecule has 7 nitrogen and oxygen atoms in total. The predicted octanol–water partition coefficient (Wildman–Crippen LogP) is 4.04. The minimum atomic E-state index is -4.76. The van der Waals surface area contributed by atoms with Gasteiger partial charge in [0.15, 0.2) is 12.7 Å². The van der Waals surface area contributed by atoms with E-state index in [1.165, 1.54) is 29.2 Å². The van der Waals surface area contributed by atoms with Crippen molar-refractivity contribution in [2.24, 2.45) is 0 Å². The van der Waals surface area contributed by atoms with E-state index in [0.717, 1.165) is 5.56 Å². The lowest BCUT2D eigenvalue weighted by molar-refractivity contribution is -0.274. The largest absolute Gasteiger partial charge is 0.573 e. The summed E-state index contributed by atoms with van der Waals surface area (Å²) in [6.45, 7) is 4.17. The molecule has 0 heterocycles. The summed E-state index contributed by atoms with van der Waals surface area (Å²) >= 11 is 0. The zero-order chi connectivity index (χ0) is 24.4. The SMILES string of the molecule is CCOC(Cc1ccc(OCC(=O)N(CC)Cc2ccc(OC(F)(F)F)cc2)cc1)C(=O)O. The Morgan fingerprint density at radius 3 is 2.06 bits per heavy atom. The third-order valence-corrected chi connectivity index (χ3v) is 4.61. The molecule has 2 rings (SSSR count). The molecule has 0 spiro atoms. The Labute approximate surface area is 189 Å². The zero-order valence-electron chi connectivity index (χ0n) is 18.3. The number of nitrogens with zero attached hydrogens (tertiary/aromatic N) is 1. The molecule has 10 heteroatoms. The number of carboxylic acids is 1. The maximum Gasteiger partial charge on any atom is 0.573 e. The number of rotatable bonds is 12. The third-order valence-electron chi connectivity index (χ3n) is 4.61. The molecule has 1 atom stereocenters. The molecule has 0 bridgehead atoms. The highest BCUT2D eigenvalue weighted by atomic mass is 19.4. The quantitative estimate of drug-likeness (QED) is 0.505. The van der Waals surface area contributed by atoms with E-state index in [0.29, 0.717) is 24.5 Å². The van der Waals surface area contributed by atoms with Gasteiger partial charge in [-0.05, 0) is 49.2 Å². The molecule has 1 unspecified atom stereocenters. The second kappa shape index (κ2) is 12.1. The van der Waals surface area contributed by atoms with E-state index in [9.17, 15) is 22.8 Å². The number of hydrogen-bond acceptors (Lipinski definition) is 5. The lowest BCUT2D eigenvalue weighted by Crippen LogP contribution is -2.34. The molecule has 1 amide bonds. The van der Waals surface area contributed by atoms with Gasteiger partial charge >= 0.3 is 12.3 Å². The number of likely N-dealkylation sites (N-methyl/N-ethyl adjacent to an activating group) is 1. The minimum Gasteiger partial charge on any atom is -0.484 e. The number of carbonyl (C=O) groups is 2. The molecule has 0 aliphatic carbocycles. The first-order chi connectivity index (χ1) is 15.6. The second-order valence-corrected chi connectivity index (χ2v) is 7.02. The van der Waals surface area contributed by atoms with Gasteiger partial charge < -0.3 is 24.2 Å². The van der Waals surface area contributed by atoms with Crippen molar-refractivity contribution >= 4 is 11.9 Å². The van der Waals surface area contributed by atoms with Crippen molar-refractivity contribution in [2.75, 3.05) is 19.8 Å². The maximum atomic E-state index is 12.5. The second-order valence-electron chi connectivity index (χ2n) is 7.02. The zero-order valence-corrected chi connectivity index (χ0v) is 18.3. The number of amides is 1. The van der Waals surface area contributed by atoms with Crippen LogP contribution in [0.3, 0.4) is 0 Å². The highest BCUT2D eigenvalue weighted by molar-refractivity contribution is 5.77. The van der Waals surface area contributed by atoms with Crippen molar-refractivity contribution in [3.05, 3.63) is 59.7 Å². The topological polar surface area (TPSA) is 85.3 Å². The van der Waals surface area contributed by atoms with E-state index in [1.54, 1.807) is 38.1 Å². The van der Waals surface area contributed by atoms with Crippen LogP contribution in [0, 0.1) is 0 Å². The summed E-state index contributed by atoms with van der Waals surface area (Å²) < 4.78 is 51.3. The highest BCUT2D eigenvalue weighted by Gasteiger charge is 2.31. The van der Waals surface area contributed by atoms with E-state index in [2.05, 4.69) is 4.74 Å². The number of benzene rings is 2. The third kappa shape index (κ3) is 9.01. The molecule has 0 saturated carbocycles. The first kappa shape index (κ1) is 26.0. The van der Waals surface area contributed by atoms with Gasteiger partial charge in [0.05, 0.1) is 0 Å². The normalized spacial score (nSPS) is 12.2. The molecule has 0 fully saturated rings. The fourth-order valence-corrected chi connectivity index (χ4v) is 2.98. The van der Waals surface area contributed by atoms with Crippen LogP contribution in [-0.4, -0.2) is 54.1 Å². The van der Waals surface area contributed by atoms with Gasteiger partial charge in [0.1, 0.15) is 11.5 Å². The summed E-state index contributed by atoms with van der Waals surface area (Å²) in [7, 11) is 0. The molecule has 0 aliphatic rings. The summed E-state index contributed by atoms with van der Waals surface area (Å²) in [6.07, 6.45) is -5.49. The van der Waals surface area contributed by atoms with Crippen molar-refractivity contribution in [2.45, 2.75) is 39.3 Å². The fraction of sp³-hybridized carbons (Fsp3) is 0.391. The number of carboxylic acid groups (broad SMARTS) is 1. The average molecular weight is 469 g/mol. The molecule has 0 saturated heterocycles. The van der Waals surface area contributed by atoms with Crippen molar-refractivity contribution in [1.82, 2.24) is 4.90 Å². The monoisotopic (exact) mass is 469 g/mol.